The zero-order valence-corrected chi connectivity index (χ0v) is 22.6. The van der Waals surface area contributed by atoms with E-state index in [0.29, 0.717) is 51.1 Å². The number of ether oxygens (including phenoxy) is 3. The molecule has 0 amide bonds. The van der Waals surface area contributed by atoms with Crippen molar-refractivity contribution in [2.24, 2.45) is 0 Å². The lowest BCUT2D eigenvalue weighted by Crippen LogP contribution is -2.38. The molecule has 9 nitrogen and oxygen atoms in total. The number of nitrogens with zero attached hydrogens (tertiary/aromatic N) is 5. The van der Waals surface area contributed by atoms with Crippen LogP contribution in [0.1, 0.15) is 110 Å². The molecule has 1 heterocycles. The average molecular weight is 496 g/mol. The van der Waals surface area contributed by atoms with Gasteiger partial charge >= 0.3 is 0 Å². The van der Waals surface area contributed by atoms with Crippen LogP contribution >= 0.6 is 0 Å². The van der Waals surface area contributed by atoms with E-state index in [9.17, 15) is 5.11 Å². The zero-order valence-electron chi connectivity index (χ0n) is 22.6. The van der Waals surface area contributed by atoms with Crippen LogP contribution in [0.5, 0.6) is 0 Å². The summed E-state index contributed by atoms with van der Waals surface area (Å²) < 4.78 is 17.7. The van der Waals surface area contributed by atoms with Crippen LogP contribution in [0.15, 0.2) is 0 Å². The molecule has 1 aromatic heterocycles. The van der Waals surface area contributed by atoms with Gasteiger partial charge in [-0.3, -0.25) is 9.80 Å². The Kier molecular flexibility index (Phi) is 15.1. The highest BCUT2D eigenvalue weighted by Gasteiger charge is 2.25. The summed E-state index contributed by atoms with van der Waals surface area (Å²) in [4.78, 5) is 18.1. The molecule has 202 valence electrons. The smallest absolute Gasteiger partial charge is 0.234 e. The van der Waals surface area contributed by atoms with Gasteiger partial charge in [0.25, 0.3) is 0 Å². The summed E-state index contributed by atoms with van der Waals surface area (Å²) in [5.41, 5.74) is 0. The Hall–Kier alpha value is -1.55. The first-order valence-corrected chi connectivity index (χ1v) is 13.8. The number of rotatable bonds is 19. The van der Waals surface area contributed by atoms with Gasteiger partial charge in [0.1, 0.15) is 32.2 Å². The minimum Gasteiger partial charge on any atom is -0.374 e. The fraction of sp³-hybridized carbons (Fsp3) is 0.885. The van der Waals surface area contributed by atoms with E-state index < -0.39 is 6.23 Å². The Morgan fingerprint density at radius 3 is 1.80 bits per heavy atom. The summed E-state index contributed by atoms with van der Waals surface area (Å²) in [6.07, 6.45) is 11.2. The maximum atomic E-state index is 10.5. The molecule has 2 rings (SSSR count). The van der Waals surface area contributed by atoms with E-state index in [1.807, 2.05) is 4.90 Å². The maximum absolute atomic E-state index is 10.5. The maximum Gasteiger partial charge on any atom is 0.234 e. The van der Waals surface area contributed by atoms with Gasteiger partial charge in [0.15, 0.2) is 0 Å². The predicted octanol–water partition coefficient (Wildman–Crippen LogP) is 5.19. The monoisotopic (exact) mass is 495 g/mol. The lowest BCUT2D eigenvalue weighted by Gasteiger charge is -2.29. The number of unbranched alkanes of at least 4 members (excludes halogenated alkanes) is 3. The fourth-order valence-corrected chi connectivity index (χ4v) is 3.92. The highest BCUT2D eigenvalue weighted by atomic mass is 16.5. The number of aromatic nitrogens is 3. The molecule has 35 heavy (non-hydrogen) atoms. The summed E-state index contributed by atoms with van der Waals surface area (Å²) in [6, 6.07) is 0. The molecular formula is C26H49N5O4. The Morgan fingerprint density at radius 2 is 1.29 bits per heavy atom. The molecular weight excluding hydrogens is 446 g/mol. The summed E-state index contributed by atoms with van der Waals surface area (Å²) in [5.74, 6) is 2.05. The number of hydrogen-bond donors (Lipinski definition) is 1. The first-order valence-electron chi connectivity index (χ1n) is 13.8. The molecule has 0 aromatic carbocycles. The minimum absolute atomic E-state index is 0.227. The molecule has 0 bridgehead atoms. The SMILES string of the molecule is CCCCOCN(COCCCC)c1nc(C2CCCCC2)nc(N(COCCCC)C(C)O)n1. The molecule has 1 unspecified atom stereocenters. The van der Waals surface area contributed by atoms with Gasteiger partial charge < -0.3 is 19.3 Å². The van der Waals surface area contributed by atoms with Crippen LogP contribution in [0.4, 0.5) is 11.9 Å². The molecule has 1 fully saturated rings. The number of aliphatic hydroxyl groups excluding tert-OH is 1. The van der Waals surface area contributed by atoms with Gasteiger partial charge in [0.05, 0.1) is 0 Å². The van der Waals surface area contributed by atoms with Crippen molar-refractivity contribution in [3.63, 3.8) is 0 Å². The standard InChI is InChI=1S/C26H49N5O4/c1-5-8-16-33-19-30(20-34-17-9-6-2)25-27-24(23-14-12-11-13-15-23)28-26(29-25)31(22(4)32)21-35-18-10-7-3/h22-23,32H,5-21H2,1-4H3. The number of aliphatic hydroxyl groups is 1. The van der Waals surface area contributed by atoms with E-state index in [1.165, 1.54) is 19.3 Å². The van der Waals surface area contributed by atoms with Crippen molar-refractivity contribution in [1.29, 1.82) is 0 Å². The minimum atomic E-state index is -0.791. The van der Waals surface area contributed by atoms with E-state index in [-0.39, 0.29) is 6.73 Å². The van der Waals surface area contributed by atoms with Gasteiger partial charge in [-0.1, -0.05) is 59.3 Å². The molecule has 1 atom stereocenters. The van der Waals surface area contributed by atoms with Gasteiger partial charge in [-0.25, -0.2) is 0 Å². The molecule has 9 heteroatoms. The summed E-state index contributed by atoms with van der Waals surface area (Å²) in [5, 5.41) is 10.5. The van der Waals surface area contributed by atoms with Crippen LogP contribution in [-0.2, 0) is 14.2 Å². The van der Waals surface area contributed by atoms with E-state index in [1.54, 1.807) is 11.8 Å². The second-order valence-electron chi connectivity index (χ2n) is 9.44. The normalized spacial score (nSPS) is 15.3. The van der Waals surface area contributed by atoms with E-state index >= 15 is 0 Å². The predicted molar refractivity (Wildman–Crippen MR) is 139 cm³/mol. The molecule has 1 aliphatic rings. The Labute approximate surface area is 212 Å². The number of hydrogen-bond acceptors (Lipinski definition) is 9. The second kappa shape index (κ2) is 17.8. The third-order valence-electron chi connectivity index (χ3n) is 6.24. The number of anilines is 2. The second-order valence-corrected chi connectivity index (χ2v) is 9.44. The summed E-state index contributed by atoms with van der Waals surface area (Å²) in [7, 11) is 0. The van der Waals surface area contributed by atoms with Gasteiger partial charge in [-0.15, -0.1) is 0 Å². The van der Waals surface area contributed by atoms with Crippen molar-refractivity contribution < 1.29 is 19.3 Å². The van der Waals surface area contributed by atoms with Crippen LogP contribution in [0.2, 0.25) is 0 Å². The molecule has 0 spiro atoms. The van der Waals surface area contributed by atoms with E-state index in [0.717, 1.165) is 57.2 Å². The van der Waals surface area contributed by atoms with Crippen molar-refractivity contribution in [3.05, 3.63) is 5.82 Å². The van der Waals surface area contributed by atoms with Crippen molar-refractivity contribution in [3.8, 4) is 0 Å². The summed E-state index contributed by atoms with van der Waals surface area (Å²) in [6.45, 7) is 11.1. The highest BCUT2D eigenvalue weighted by molar-refractivity contribution is 5.39. The lowest BCUT2D eigenvalue weighted by atomic mass is 9.89. The van der Waals surface area contributed by atoms with Crippen LogP contribution in [0, 0.1) is 0 Å². The van der Waals surface area contributed by atoms with Crippen LogP contribution < -0.4 is 9.80 Å². The molecule has 0 aliphatic heterocycles. The Morgan fingerprint density at radius 1 is 0.771 bits per heavy atom. The van der Waals surface area contributed by atoms with Crippen LogP contribution in [0.25, 0.3) is 0 Å². The average Bonchev–Trinajstić information content (AvgIpc) is 2.87. The van der Waals surface area contributed by atoms with Crippen molar-refractivity contribution >= 4 is 11.9 Å². The van der Waals surface area contributed by atoms with Gasteiger partial charge in [-0.05, 0) is 39.0 Å². The third kappa shape index (κ3) is 10.9. The van der Waals surface area contributed by atoms with Crippen LogP contribution in [-0.4, -0.2) is 66.3 Å². The Balaban J connectivity index is 2.32. The molecule has 1 aliphatic carbocycles. The molecule has 1 N–H and O–H groups in total. The zero-order chi connectivity index (χ0) is 25.3. The topological polar surface area (TPSA) is 93.1 Å². The fourth-order valence-electron chi connectivity index (χ4n) is 3.92. The van der Waals surface area contributed by atoms with Crippen LogP contribution in [0.3, 0.4) is 0 Å². The largest absolute Gasteiger partial charge is 0.374 e. The van der Waals surface area contributed by atoms with Gasteiger partial charge in [-0.2, -0.15) is 15.0 Å². The van der Waals surface area contributed by atoms with Gasteiger partial charge in [0.2, 0.25) is 11.9 Å². The van der Waals surface area contributed by atoms with E-state index in [4.69, 9.17) is 29.2 Å². The van der Waals surface area contributed by atoms with Crippen molar-refractivity contribution in [1.82, 2.24) is 15.0 Å². The first kappa shape index (κ1) is 29.7. The summed E-state index contributed by atoms with van der Waals surface area (Å²) >= 11 is 0. The first-order chi connectivity index (χ1) is 17.1. The molecule has 1 aromatic rings. The Bertz CT molecular complexity index is 661. The molecule has 0 radical (unpaired) electrons. The molecule has 0 saturated heterocycles. The van der Waals surface area contributed by atoms with Crippen molar-refractivity contribution in [2.75, 3.05) is 49.8 Å². The highest BCUT2D eigenvalue weighted by Crippen LogP contribution is 2.32. The van der Waals surface area contributed by atoms with Crippen molar-refractivity contribution in [2.45, 2.75) is 110 Å². The lowest BCUT2D eigenvalue weighted by molar-refractivity contribution is 0.0806. The van der Waals surface area contributed by atoms with E-state index in [2.05, 4.69) is 20.8 Å². The van der Waals surface area contributed by atoms with Gasteiger partial charge in [0, 0.05) is 25.7 Å². The molecule has 1 saturated carbocycles. The third-order valence-corrected chi connectivity index (χ3v) is 6.24. The quantitative estimate of drug-likeness (QED) is 0.205.